The number of guanidine groups is 1. The molecule has 0 unspecified atom stereocenters. The first kappa shape index (κ1) is 23.9. The third kappa shape index (κ3) is 7.76. The second kappa shape index (κ2) is 12.4. The van der Waals surface area contributed by atoms with Crippen molar-refractivity contribution in [2.24, 2.45) is 4.99 Å². The maximum absolute atomic E-state index is 13.6. The molecule has 32 heavy (non-hydrogen) atoms. The van der Waals surface area contributed by atoms with Crippen LogP contribution in [0.1, 0.15) is 30.9 Å². The number of hydrogen-bond acceptors (Lipinski definition) is 4. The molecule has 2 aromatic carbocycles. The molecule has 0 aliphatic carbocycles. The number of nitrogens with one attached hydrogen (secondary N) is 2. The summed E-state index contributed by atoms with van der Waals surface area (Å²) in [5.74, 6) is -0.677. The highest BCUT2D eigenvalue weighted by molar-refractivity contribution is 5.79. The van der Waals surface area contributed by atoms with E-state index in [9.17, 15) is 13.9 Å². The van der Waals surface area contributed by atoms with Gasteiger partial charge in [-0.15, -0.1) is 0 Å². The van der Waals surface area contributed by atoms with Crippen molar-refractivity contribution in [3.8, 4) is 5.75 Å². The van der Waals surface area contributed by atoms with Crippen molar-refractivity contribution in [3.63, 3.8) is 0 Å². The van der Waals surface area contributed by atoms with Crippen molar-refractivity contribution in [1.29, 1.82) is 0 Å². The summed E-state index contributed by atoms with van der Waals surface area (Å²) in [5.41, 5.74) is 2.36. The summed E-state index contributed by atoms with van der Waals surface area (Å²) in [7, 11) is 0. The fraction of sp³-hybridized carbons (Fsp3) is 0.458. The summed E-state index contributed by atoms with van der Waals surface area (Å²) in [6.07, 6.45) is 1.54. The van der Waals surface area contributed by atoms with Crippen LogP contribution in [0, 0.1) is 11.6 Å². The zero-order valence-corrected chi connectivity index (χ0v) is 18.5. The van der Waals surface area contributed by atoms with Crippen LogP contribution >= 0.6 is 0 Å². The predicted molar refractivity (Wildman–Crippen MR) is 122 cm³/mol. The minimum atomic E-state index is -0.716. The highest BCUT2D eigenvalue weighted by Gasteiger charge is 2.16. The van der Waals surface area contributed by atoms with Gasteiger partial charge in [0.05, 0.1) is 19.2 Å². The molecule has 174 valence electrons. The number of benzene rings is 2. The SMILES string of the molecule is CCNC(=NCc1ccc(CN2CCC(O)CC2)cc1)NCCOc1ccc(F)cc1F. The Bertz CT molecular complexity index is 869. The summed E-state index contributed by atoms with van der Waals surface area (Å²) in [4.78, 5) is 6.96. The van der Waals surface area contributed by atoms with Crippen LogP contribution in [-0.4, -0.2) is 54.9 Å². The third-order valence-corrected chi connectivity index (χ3v) is 5.30. The van der Waals surface area contributed by atoms with Crippen molar-refractivity contribution in [2.45, 2.75) is 39.0 Å². The Hall–Kier alpha value is -2.71. The molecule has 0 spiro atoms. The van der Waals surface area contributed by atoms with Gasteiger partial charge < -0.3 is 20.5 Å². The molecule has 1 aliphatic rings. The standard InChI is InChI=1S/C24H32F2N4O2/c1-2-27-24(28-11-14-32-23-8-7-20(25)15-22(23)26)29-16-18-3-5-19(6-4-18)17-30-12-9-21(31)10-13-30/h3-8,15,21,31H,2,9-14,16-17H2,1H3,(H2,27,28,29). The molecule has 1 aliphatic heterocycles. The topological polar surface area (TPSA) is 69.1 Å². The Morgan fingerprint density at radius 2 is 1.81 bits per heavy atom. The van der Waals surface area contributed by atoms with E-state index in [4.69, 9.17) is 4.74 Å². The van der Waals surface area contributed by atoms with Gasteiger partial charge >= 0.3 is 0 Å². The van der Waals surface area contributed by atoms with Crippen LogP contribution in [0.25, 0.3) is 0 Å². The first-order valence-corrected chi connectivity index (χ1v) is 11.1. The largest absolute Gasteiger partial charge is 0.489 e. The number of rotatable bonds is 9. The van der Waals surface area contributed by atoms with E-state index >= 15 is 0 Å². The number of halogens is 2. The van der Waals surface area contributed by atoms with Crippen molar-refractivity contribution < 1.29 is 18.6 Å². The molecule has 0 bridgehead atoms. The fourth-order valence-electron chi connectivity index (χ4n) is 3.52. The number of aliphatic hydroxyl groups excluding tert-OH is 1. The minimum Gasteiger partial charge on any atom is -0.489 e. The number of likely N-dealkylation sites (tertiary alicyclic amines) is 1. The van der Waals surface area contributed by atoms with E-state index in [1.807, 2.05) is 6.92 Å². The zero-order chi connectivity index (χ0) is 22.8. The lowest BCUT2D eigenvalue weighted by Crippen LogP contribution is -2.39. The Labute approximate surface area is 188 Å². The molecule has 6 nitrogen and oxygen atoms in total. The molecular formula is C24H32F2N4O2. The molecule has 0 saturated carbocycles. The highest BCUT2D eigenvalue weighted by Crippen LogP contribution is 2.17. The molecule has 1 fully saturated rings. The van der Waals surface area contributed by atoms with Gasteiger partial charge in [0, 0.05) is 32.2 Å². The van der Waals surface area contributed by atoms with Crippen molar-refractivity contribution in [2.75, 3.05) is 32.8 Å². The monoisotopic (exact) mass is 446 g/mol. The molecular weight excluding hydrogens is 414 g/mol. The number of nitrogens with zero attached hydrogens (tertiary/aromatic N) is 2. The quantitative estimate of drug-likeness (QED) is 0.314. The van der Waals surface area contributed by atoms with Crippen LogP contribution in [0.3, 0.4) is 0 Å². The molecule has 8 heteroatoms. The molecule has 0 atom stereocenters. The van der Waals surface area contributed by atoms with Crippen LogP contribution in [0.15, 0.2) is 47.5 Å². The van der Waals surface area contributed by atoms with E-state index in [1.165, 1.54) is 17.7 Å². The number of aliphatic imine (C=N–C) groups is 1. The van der Waals surface area contributed by atoms with E-state index in [2.05, 4.69) is 44.8 Å². The normalized spacial score (nSPS) is 15.6. The summed E-state index contributed by atoms with van der Waals surface area (Å²) >= 11 is 0. The predicted octanol–water partition coefficient (Wildman–Crippen LogP) is 3.06. The lowest BCUT2D eigenvalue weighted by Gasteiger charge is -2.29. The maximum Gasteiger partial charge on any atom is 0.191 e. The molecule has 1 saturated heterocycles. The van der Waals surface area contributed by atoms with Crippen LogP contribution in [0.2, 0.25) is 0 Å². The van der Waals surface area contributed by atoms with Crippen molar-refractivity contribution >= 4 is 5.96 Å². The molecule has 3 rings (SSSR count). The number of piperidine rings is 1. The average Bonchev–Trinajstić information content (AvgIpc) is 2.78. The lowest BCUT2D eigenvalue weighted by molar-refractivity contribution is 0.0792. The van der Waals surface area contributed by atoms with E-state index < -0.39 is 11.6 Å². The number of aliphatic hydroxyl groups is 1. The van der Waals surface area contributed by atoms with Crippen LogP contribution in [0.4, 0.5) is 8.78 Å². The van der Waals surface area contributed by atoms with Gasteiger partial charge in [0.15, 0.2) is 17.5 Å². The number of hydrogen-bond donors (Lipinski definition) is 3. The van der Waals surface area contributed by atoms with Crippen LogP contribution in [-0.2, 0) is 13.1 Å². The molecule has 0 radical (unpaired) electrons. The number of ether oxygens (including phenoxy) is 1. The van der Waals surface area contributed by atoms with E-state index in [1.54, 1.807) is 0 Å². The Morgan fingerprint density at radius 3 is 2.50 bits per heavy atom. The van der Waals surface area contributed by atoms with Gasteiger partial charge in [-0.25, -0.2) is 13.8 Å². The van der Waals surface area contributed by atoms with Gasteiger partial charge in [0.1, 0.15) is 12.4 Å². The fourth-order valence-corrected chi connectivity index (χ4v) is 3.52. The van der Waals surface area contributed by atoms with Crippen LogP contribution in [0.5, 0.6) is 5.75 Å². The van der Waals surface area contributed by atoms with Crippen LogP contribution < -0.4 is 15.4 Å². The summed E-state index contributed by atoms with van der Waals surface area (Å²) in [6.45, 7) is 6.62. The van der Waals surface area contributed by atoms with Gasteiger partial charge in [-0.05, 0) is 43.0 Å². The Kier molecular flexibility index (Phi) is 9.25. The second-order valence-corrected chi connectivity index (χ2v) is 7.87. The van der Waals surface area contributed by atoms with E-state index in [0.717, 1.165) is 44.1 Å². The van der Waals surface area contributed by atoms with E-state index in [0.29, 0.717) is 25.6 Å². The highest BCUT2D eigenvalue weighted by atomic mass is 19.1. The lowest BCUT2D eigenvalue weighted by atomic mass is 10.1. The maximum atomic E-state index is 13.6. The Balaban J connectivity index is 1.44. The zero-order valence-electron chi connectivity index (χ0n) is 18.5. The smallest absolute Gasteiger partial charge is 0.191 e. The van der Waals surface area contributed by atoms with E-state index in [-0.39, 0.29) is 18.5 Å². The Morgan fingerprint density at radius 1 is 1.09 bits per heavy atom. The summed E-state index contributed by atoms with van der Waals surface area (Å²) in [6, 6.07) is 11.7. The summed E-state index contributed by atoms with van der Waals surface area (Å²) in [5, 5.41) is 16.0. The van der Waals surface area contributed by atoms with Gasteiger partial charge in [0.25, 0.3) is 0 Å². The third-order valence-electron chi connectivity index (χ3n) is 5.30. The average molecular weight is 447 g/mol. The van der Waals surface area contributed by atoms with Gasteiger partial charge in [-0.2, -0.15) is 0 Å². The first-order chi connectivity index (χ1) is 15.5. The second-order valence-electron chi connectivity index (χ2n) is 7.87. The molecule has 0 aromatic heterocycles. The molecule has 2 aromatic rings. The van der Waals surface area contributed by atoms with Crippen molar-refractivity contribution in [3.05, 3.63) is 65.2 Å². The first-order valence-electron chi connectivity index (χ1n) is 11.1. The minimum absolute atomic E-state index is 0.0240. The molecule has 3 N–H and O–H groups in total. The molecule has 0 amide bonds. The van der Waals surface area contributed by atoms with Gasteiger partial charge in [-0.1, -0.05) is 24.3 Å². The van der Waals surface area contributed by atoms with Crippen molar-refractivity contribution in [1.82, 2.24) is 15.5 Å². The summed E-state index contributed by atoms with van der Waals surface area (Å²) < 4.78 is 31.9. The van der Waals surface area contributed by atoms with Gasteiger partial charge in [-0.3, -0.25) is 4.90 Å². The molecule has 1 heterocycles. The van der Waals surface area contributed by atoms with Gasteiger partial charge in [0.2, 0.25) is 0 Å².